The highest BCUT2D eigenvalue weighted by Gasteiger charge is 2.15. The third-order valence-electron chi connectivity index (χ3n) is 5.43. The zero-order valence-corrected chi connectivity index (χ0v) is 17.2. The van der Waals surface area contributed by atoms with E-state index >= 15 is 0 Å². The van der Waals surface area contributed by atoms with E-state index in [2.05, 4.69) is 46.6 Å². The van der Waals surface area contributed by atoms with Crippen LogP contribution in [0.3, 0.4) is 0 Å². The zero-order chi connectivity index (χ0) is 21.2. The van der Waals surface area contributed by atoms with Crippen LogP contribution in [0, 0.1) is 0 Å². The fourth-order valence-electron chi connectivity index (χ4n) is 3.88. The quantitative estimate of drug-likeness (QED) is 0.420. The van der Waals surface area contributed by atoms with E-state index in [1.807, 2.05) is 53.8 Å². The summed E-state index contributed by atoms with van der Waals surface area (Å²) >= 11 is 0. The molecule has 0 radical (unpaired) electrons. The van der Waals surface area contributed by atoms with Crippen molar-refractivity contribution in [3.63, 3.8) is 0 Å². The average Bonchev–Trinajstić information content (AvgIpc) is 3.24. The first-order chi connectivity index (χ1) is 15.2. The van der Waals surface area contributed by atoms with Crippen molar-refractivity contribution in [2.45, 2.75) is 26.5 Å². The molecule has 5 aromatic rings. The van der Waals surface area contributed by atoms with Gasteiger partial charge in [0, 0.05) is 6.54 Å². The summed E-state index contributed by atoms with van der Waals surface area (Å²) in [7, 11) is 0. The molecule has 0 unspecified atom stereocenters. The van der Waals surface area contributed by atoms with Gasteiger partial charge in [0.15, 0.2) is 5.82 Å². The minimum absolute atomic E-state index is 0.0560. The Kier molecular flexibility index (Phi) is 4.96. The minimum atomic E-state index is -0.0560. The van der Waals surface area contributed by atoms with Gasteiger partial charge >= 0.3 is 0 Å². The second-order valence-corrected chi connectivity index (χ2v) is 7.41. The first kappa shape index (κ1) is 19.1. The van der Waals surface area contributed by atoms with Crippen molar-refractivity contribution >= 4 is 16.7 Å². The van der Waals surface area contributed by atoms with Gasteiger partial charge in [-0.15, -0.1) is 10.2 Å². The van der Waals surface area contributed by atoms with E-state index < -0.39 is 0 Å². The monoisotopic (exact) mass is 410 g/mol. The van der Waals surface area contributed by atoms with Gasteiger partial charge in [-0.05, 0) is 48.7 Å². The summed E-state index contributed by atoms with van der Waals surface area (Å²) in [5.74, 6) is 1.95. The minimum Gasteiger partial charge on any atom is -0.486 e. The number of aromatic nitrogens is 4. The number of aryl methyl sites for hydroxylation is 1. The Morgan fingerprint density at radius 3 is 2.32 bits per heavy atom. The smallest absolute Gasteiger partial charge is 0.262 e. The van der Waals surface area contributed by atoms with Crippen LogP contribution in [-0.4, -0.2) is 19.2 Å². The van der Waals surface area contributed by atoms with Gasteiger partial charge in [-0.25, -0.2) is 0 Å². The third kappa shape index (κ3) is 3.57. The molecule has 2 aromatic heterocycles. The molecule has 6 nitrogen and oxygen atoms in total. The molecule has 0 saturated heterocycles. The van der Waals surface area contributed by atoms with Crippen molar-refractivity contribution in [3.8, 4) is 5.75 Å². The summed E-state index contributed by atoms with van der Waals surface area (Å²) in [5.41, 5.74) is 3.23. The molecule has 0 aliphatic rings. The van der Waals surface area contributed by atoms with E-state index in [-0.39, 0.29) is 12.2 Å². The van der Waals surface area contributed by atoms with Crippen LogP contribution in [0.4, 0.5) is 0 Å². The standard InChI is InChI=1S/C25H22N4O2/c1-2-28-24(30)21-10-6-7-11-22(21)29-23(26-27-25(28)29)17-31-20-14-12-19(13-15-20)16-18-8-4-3-5-9-18/h3-15H,2,16-17H2,1H3. The van der Waals surface area contributed by atoms with Crippen LogP contribution in [0.15, 0.2) is 83.7 Å². The van der Waals surface area contributed by atoms with Crippen LogP contribution >= 0.6 is 0 Å². The van der Waals surface area contributed by atoms with E-state index in [4.69, 9.17) is 4.74 Å². The Morgan fingerprint density at radius 1 is 0.839 bits per heavy atom. The molecule has 2 heterocycles. The molecule has 0 saturated carbocycles. The lowest BCUT2D eigenvalue weighted by Gasteiger charge is -2.10. The Morgan fingerprint density at radius 2 is 1.55 bits per heavy atom. The van der Waals surface area contributed by atoms with Crippen LogP contribution in [-0.2, 0) is 19.6 Å². The van der Waals surface area contributed by atoms with Gasteiger partial charge in [0.1, 0.15) is 12.4 Å². The number of nitrogens with zero attached hydrogens (tertiary/aromatic N) is 4. The van der Waals surface area contributed by atoms with E-state index in [0.717, 1.165) is 17.7 Å². The lowest BCUT2D eigenvalue weighted by atomic mass is 10.1. The highest BCUT2D eigenvalue weighted by molar-refractivity contribution is 5.80. The number of rotatable bonds is 6. The molecule has 0 aliphatic heterocycles. The van der Waals surface area contributed by atoms with E-state index in [0.29, 0.717) is 23.5 Å². The summed E-state index contributed by atoms with van der Waals surface area (Å²) in [5, 5.41) is 9.22. The lowest BCUT2D eigenvalue weighted by Crippen LogP contribution is -2.22. The van der Waals surface area contributed by atoms with Crippen molar-refractivity contribution in [1.29, 1.82) is 0 Å². The zero-order valence-electron chi connectivity index (χ0n) is 17.2. The van der Waals surface area contributed by atoms with Crippen LogP contribution in [0.5, 0.6) is 5.75 Å². The molecule has 0 atom stereocenters. The second kappa shape index (κ2) is 8.07. The Bertz CT molecular complexity index is 1400. The normalized spacial score (nSPS) is 11.3. The molecule has 6 heteroatoms. The molecule has 31 heavy (non-hydrogen) atoms. The average molecular weight is 410 g/mol. The summed E-state index contributed by atoms with van der Waals surface area (Å²) in [6.45, 7) is 2.71. The number of hydrogen-bond donors (Lipinski definition) is 0. The fraction of sp³-hybridized carbons (Fsp3) is 0.160. The summed E-state index contributed by atoms with van der Waals surface area (Å²) < 4.78 is 9.55. The van der Waals surface area contributed by atoms with Crippen LogP contribution in [0.25, 0.3) is 16.7 Å². The Labute approximate surface area is 179 Å². The number of ether oxygens (including phenoxy) is 1. The number of fused-ring (bicyclic) bond motifs is 3. The van der Waals surface area contributed by atoms with E-state index in [1.165, 1.54) is 11.1 Å². The van der Waals surface area contributed by atoms with E-state index in [1.54, 1.807) is 4.57 Å². The number of hydrogen-bond acceptors (Lipinski definition) is 4. The van der Waals surface area contributed by atoms with Gasteiger partial charge in [-0.2, -0.15) is 0 Å². The maximum Gasteiger partial charge on any atom is 0.262 e. The topological polar surface area (TPSA) is 61.4 Å². The van der Waals surface area contributed by atoms with Gasteiger partial charge in [0.05, 0.1) is 10.9 Å². The molecule has 5 rings (SSSR count). The highest BCUT2D eigenvalue weighted by Crippen LogP contribution is 2.18. The fourth-order valence-corrected chi connectivity index (χ4v) is 3.88. The molecule has 0 N–H and O–H groups in total. The maximum atomic E-state index is 12.8. The van der Waals surface area contributed by atoms with Crippen LogP contribution in [0.2, 0.25) is 0 Å². The predicted molar refractivity (Wildman–Crippen MR) is 120 cm³/mol. The first-order valence-electron chi connectivity index (χ1n) is 10.4. The van der Waals surface area contributed by atoms with Gasteiger partial charge in [0.2, 0.25) is 5.78 Å². The predicted octanol–water partition coefficient (Wildman–Crippen LogP) is 4.23. The molecule has 154 valence electrons. The molecular formula is C25H22N4O2. The van der Waals surface area contributed by atoms with E-state index in [9.17, 15) is 4.79 Å². The summed E-state index contributed by atoms with van der Waals surface area (Å²) in [6, 6.07) is 26.0. The number of para-hydroxylation sites is 1. The lowest BCUT2D eigenvalue weighted by molar-refractivity contribution is 0.295. The van der Waals surface area contributed by atoms with Crippen LogP contribution < -0.4 is 10.3 Å². The van der Waals surface area contributed by atoms with Crippen molar-refractivity contribution in [2.75, 3.05) is 0 Å². The largest absolute Gasteiger partial charge is 0.486 e. The first-order valence-corrected chi connectivity index (χ1v) is 10.4. The van der Waals surface area contributed by atoms with Gasteiger partial charge in [-0.3, -0.25) is 13.8 Å². The van der Waals surface area contributed by atoms with Crippen molar-refractivity contribution in [3.05, 3.63) is 106 Å². The van der Waals surface area contributed by atoms with Crippen LogP contribution in [0.1, 0.15) is 23.9 Å². The van der Waals surface area contributed by atoms with Crippen molar-refractivity contribution < 1.29 is 4.74 Å². The van der Waals surface area contributed by atoms with Gasteiger partial charge in [-0.1, -0.05) is 54.6 Å². The molecule has 3 aromatic carbocycles. The maximum absolute atomic E-state index is 12.8. The molecule has 0 bridgehead atoms. The summed E-state index contributed by atoms with van der Waals surface area (Å²) in [4.78, 5) is 12.8. The molecule has 0 fully saturated rings. The Balaban J connectivity index is 1.41. The highest BCUT2D eigenvalue weighted by atomic mass is 16.5. The second-order valence-electron chi connectivity index (χ2n) is 7.41. The Hall–Kier alpha value is -3.93. The molecule has 0 spiro atoms. The van der Waals surface area contributed by atoms with Crippen molar-refractivity contribution in [1.82, 2.24) is 19.2 Å². The molecular weight excluding hydrogens is 388 g/mol. The third-order valence-corrected chi connectivity index (χ3v) is 5.43. The summed E-state index contributed by atoms with van der Waals surface area (Å²) in [6.07, 6.45) is 0.885. The number of benzene rings is 3. The SMILES string of the molecule is CCn1c(=O)c2ccccc2n2c(COc3ccc(Cc4ccccc4)cc3)nnc12. The molecule has 0 amide bonds. The van der Waals surface area contributed by atoms with Crippen molar-refractivity contribution in [2.24, 2.45) is 0 Å². The van der Waals surface area contributed by atoms with Gasteiger partial charge in [0.25, 0.3) is 5.56 Å². The molecule has 0 aliphatic carbocycles. The van der Waals surface area contributed by atoms with Gasteiger partial charge < -0.3 is 4.74 Å².